The van der Waals surface area contributed by atoms with E-state index < -0.39 is 6.09 Å². The fraction of sp³-hybridized carbons (Fsp3) is 0.417. The molecule has 4 nitrogen and oxygen atoms in total. The van der Waals surface area contributed by atoms with Gasteiger partial charge in [0.05, 0.1) is 7.11 Å². The molecule has 1 aromatic carbocycles. The summed E-state index contributed by atoms with van der Waals surface area (Å²) in [6, 6.07) is 7.75. The van der Waals surface area contributed by atoms with E-state index in [-0.39, 0.29) is 5.60 Å². The topological polar surface area (TPSA) is 61.6 Å². The van der Waals surface area contributed by atoms with Crippen LogP contribution in [0.25, 0.3) is 0 Å². The lowest BCUT2D eigenvalue weighted by Gasteiger charge is -2.15. The second-order valence-electron chi connectivity index (χ2n) is 4.13. The highest BCUT2D eigenvalue weighted by molar-refractivity contribution is 5.65. The molecule has 0 radical (unpaired) electrons. The zero-order valence-electron chi connectivity index (χ0n) is 9.23. The first-order valence-electron chi connectivity index (χ1n) is 5.25. The molecule has 1 aliphatic carbocycles. The van der Waals surface area contributed by atoms with Crippen LogP contribution in [-0.2, 0) is 11.2 Å². The molecule has 0 aliphatic heterocycles. The monoisotopic (exact) mass is 221 g/mol. The molecule has 0 heterocycles. The van der Waals surface area contributed by atoms with Crippen LogP contribution in [0.3, 0.4) is 0 Å². The molecule has 1 aromatic rings. The minimum atomic E-state index is -0.694. The average molecular weight is 221 g/mol. The minimum absolute atomic E-state index is 0.363. The van der Waals surface area contributed by atoms with Crippen LogP contribution in [0.1, 0.15) is 18.4 Å². The van der Waals surface area contributed by atoms with E-state index in [1.54, 1.807) is 7.11 Å². The molecule has 16 heavy (non-hydrogen) atoms. The second kappa shape index (κ2) is 4.04. The van der Waals surface area contributed by atoms with Gasteiger partial charge in [0.2, 0.25) is 0 Å². The molecule has 0 unspecified atom stereocenters. The number of amides is 1. The Labute approximate surface area is 94.3 Å². The van der Waals surface area contributed by atoms with Gasteiger partial charge in [-0.15, -0.1) is 0 Å². The fourth-order valence-electron chi connectivity index (χ4n) is 1.82. The van der Waals surface area contributed by atoms with Crippen molar-refractivity contribution >= 4 is 6.09 Å². The molecule has 0 aromatic heterocycles. The molecule has 1 amide bonds. The van der Waals surface area contributed by atoms with E-state index in [1.165, 1.54) is 0 Å². The molecule has 2 rings (SSSR count). The van der Waals surface area contributed by atoms with Crippen molar-refractivity contribution in [3.63, 3.8) is 0 Å². The molecule has 0 saturated heterocycles. The SMILES string of the molecule is COc1cccc(CC2(OC(N)=O)CC2)c1. The quantitative estimate of drug-likeness (QED) is 0.844. The lowest BCUT2D eigenvalue weighted by Crippen LogP contribution is -2.26. The molecule has 4 heteroatoms. The highest BCUT2D eigenvalue weighted by atomic mass is 16.6. The van der Waals surface area contributed by atoms with E-state index in [1.807, 2.05) is 24.3 Å². The smallest absolute Gasteiger partial charge is 0.405 e. The Morgan fingerprint density at radius 3 is 2.81 bits per heavy atom. The number of carbonyl (C=O) groups is 1. The Balaban J connectivity index is 2.06. The van der Waals surface area contributed by atoms with Crippen molar-refractivity contribution in [2.75, 3.05) is 7.11 Å². The van der Waals surface area contributed by atoms with E-state index in [0.717, 1.165) is 24.2 Å². The molecule has 2 N–H and O–H groups in total. The van der Waals surface area contributed by atoms with Crippen molar-refractivity contribution in [2.24, 2.45) is 5.73 Å². The maximum Gasteiger partial charge on any atom is 0.405 e. The van der Waals surface area contributed by atoms with Gasteiger partial charge in [-0.05, 0) is 30.5 Å². The Kier molecular flexibility index (Phi) is 2.73. The standard InChI is InChI=1S/C12H15NO3/c1-15-10-4-2-3-9(7-10)8-12(5-6-12)16-11(13)14/h2-4,7H,5-6,8H2,1H3,(H2,13,14). The second-order valence-corrected chi connectivity index (χ2v) is 4.13. The first kappa shape index (κ1) is 10.8. The summed E-state index contributed by atoms with van der Waals surface area (Å²) >= 11 is 0. The molecule has 1 aliphatic rings. The molecule has 1 saturated carbocycles. The number of benzene rings is 1. The van der Waals surface area contributed by atoms with E-state index in [0.29, 0.717) is 6.42 Å². The summed E-state index contributed by atoms with van der Waals surface area (Å²) in [6.07, 6.45) is 1.77. The Morgan fingerprint density at radius 2 is 2.25 bits per heavy atom. The van der Waals surface area contributed by atoms with Crippen LogP contribution in [0.5, 0.6) is 5.75 Å². The Hall–Kier alpha value is -1.71. The first-order chi connectivity index (χ1) is 7.63. The van der Waals surface area contributed by atoms with Crippen LogP contribution in [0.15, 0.2) is 24.3 Å². The lowest BCUT2D eigenvalue weighted by molar-refractivity contribution is 0.0911. The number of rotatable bonds is 4. The van der Waals surface area contributed by atoms with Crippen LogP contribution in [0.2, 0.25) is 0 Å². The fourth-order valence-corrected chi connectivity index (χ4v) is 1.82. The summed E-state index contributed by atoms with van der Waals surface area (Å²) in [5, 5.41) is 0. The van der Waals surface area contributed by atoms with Gasteiger partial charge < -0.3 is 15.2 Å². The summed E-state index contributed by atoms with van der Waals surface area (Å²) in [5.74, 6) is 0.812. The van der Waals surface area contributed by atoms with E-state index in [4.69, 9.17) is 15.2 Å². The highest BCUT2D eigenvalue weighted by Crippen LogP contribution is 2.42. The normalized spacial score (nSPS) is 16.6. The van der Waals surface area contributed by atoms with Gasteiger partial charge in [0.25, 0.3) is 0 Å². The third kappa shape index (κ3) is 2.45. The van der Waals surface area contributed by atoms with Gasteiger partial charge in [-0.1, -0.05) is 12.1 Å². The predicted molar refractivity (Wildman–Crippen MR) is 59.3 cm³/mol. The van der Waals surface area contributed by atoms with Crippen LogP contribution in [-0.4, -0.2) is 18.8 Å². The van der Waals surface area contributed by atoms with E-state index in [9.17, 15) is 4.79 Å². The molecular formula is C12H15NO3. The van der Waals surface area contributed by atoms with Crippen LogP contribution in [0, 0.1) is 0 Å². The number of ether oxygens (including phenoxy) is 2. The maximum absolute atomic E-state index is 10.7. The van der Waals surface area contributed by atoms with Gasteiger partial charge in [0.15, 0.2) is 0 Å². The van der Waals surface area contributed by atoms with E-state index in [2.05, 4.69) is 0 Å². The molecule has 86 valence electrons. The largest absolute Gasteiger partial charge is 0.497 e. The van der Waals surface area contributed by atoms with Crippen molar-refractivity contribution in [3.05, 3.63) is 29.8 Å². The number of hydrogen-bond donors (Lipinski definition) is 1. The summed E-state index contributed by atoms with van der Waals surface area (Å²) in [6.45, 7) is 0. The van der Waals surface area contributed by atoms with Gasteiger partial charge in [-0.25, -0.2) is 4.79 Å². The first-order valence-corrected chi connectivity index (χ1v) is 5.25. The number of nitrogens with two attached hydrogens (primary N) is 1. The zero-order chi connectivity index (χ0) is 11.6. The van der Waals surface area contributed by atoms with Crippen molar-refractivity contribution in [3.8, 4) is 5.75 Å². The van der Waals surface area contributed by atoms with Crippen molar-refractivity contribution in [1.82, 2.24) is 0 Å². The van der Waals surface area contributed by atoms with E-state index >= 15 is 0 Å². The molecule has 0 bridgehead atoms. The van der Waals surface area contributed by atoms with Gasteiger partial charge in [0.1, 0.15) is 11.4 Å². The van der Waals surface area contributed by atoms with Crippen molar-refractivity contribution in [2.45, 2.75) is 24.9 Å². The molecular weight excluding hydrogens is 206 g/mol. The molecule has 0 spiro atoms. The minimum Gasteiger partial charge on any atom is -0.497 e. The van der Waals surface area contributed by atoms with Crippen molar-refractivity contribution in [1.29, 1.82) is 0 Å². The van der Waals surface area contributed by atoms with Crippen LogP contribution < -0.4 is 10.5 Å². The number of hydrogen-bond acceptors (Lipinski definition) is 3. The summed E-state index contributed by atoms with van der Waals surface area (Å²) in [7, 11) is 1.63. The Bertz CT molecular complexity index is 399. The van der Waals surface area contributed by atoms with Gasteiger partial charge in [-0.2, -0.15) is 0 Å². The third-order valence-corrected chi connectivity index (χ3v) is 2.79. The number of primary amides is 1. The average Bonchev–Trinajstić information content (AvgIpc) is 2.97. The highest BCUT2D eigenvalue weighted by Gasteiger charge is 2.46. The summed E-state index contributed by atoms with van der Waals surface area (Å²) < 4.78 is 10.3. The molecule has 1 fully saturated rings. The van der Waals surface area contributed by atoms with Gasteiger partial charge in [-0.3, -0.25) is 0 Å². The van der Waals surface area contributed by atoms with Crippen LogP contribution >= 0.6 is 0 Å². The summed E-state index contributed by atoms with van der Waals surface area (Å²) in [4.78, 5) is 10.7. The number of carbonyl (C=O) groups excluding carboxylic acids is 1. The molecule has 0 atom stereocenters. The lowest BCUT2D eigenvalue weighted by atomic mass is 10.1. The van der Waals surface area contributed by atoms with Gasteiger partial charge in [0, 0.05) is 6.42 Å². The zero-order valence-corrected chi connectivity index (χ0v) is 9.23. The van der Waals surface area contributed by atoms with Crippen LogP contribution in [0.4, 0.5) is 4.79 Å². The summed E-state index contributed by atoms with van der Waals surface area (Å²) in [5.41, 5.74) is 5.78. The Morgan fingerprint density at radius 1 is 1.50 bits per heavy atom. The third-order valence-electron chi connectivity index (χ3n) is 2.79. The van der Waals surface area contributed by atoms with Gasteiger partial charge >= 0.3 is 6.09 Å². The van der Waals surface area contributed by atoms with Crippen molar-refractivity contribution < 1.29 is 14.3 Å². The maximum atomic E-state index is 10.7. The predicted octanol–water partition coefficient (Wildman–Crippen LogP) is 1.87. The number of methoxy groups -OCH3 is 1.